The highest BCUT2D eigenvalue weighted by Gasteiger charge is 2.04. The molecule has 4 nitrogen and oxygen atoms in total. The van der Waals surface area contributed by atoms with Crippen LogP contribution in [0.2, 0.25) is 0 Å². The first-order chi connectivity index (χ1) is 9.29. The molecular formula is C15H12N4. The van der Waals surface area contributed by atoms with Gasteiger partial charge in [0.25, 0.3) is 0 Å². The number of nitrogens with one attached hydrogen (secondary N) is 2. The number of imidazole rings is 2. The van der Waals surface area contributed by atoms with Crippen molar-refractivity contribution in [3.8, 4) is 11.1 Å². The van der Waals surface area contributed by atoms with Crippen LogP contribution in [0.15, 0.2) is 42.7 Å². The Hall–Kier alpha value is -2.62. The van der Waals surface area contributed by atoms with Gasteiger partial charge in [0, 0.05) is 0 Å². The molecule has 0 radical (unpaired) electrons. The standard InChI is InChI=1S/C15H12N4/c1-9-18-13-5-3-11(7-15(13)19-9)10-2-4-12-14(6-10)17-8-16-12/h2-8H,1H3,(H,16,17)(H,18,19). The van der Waals surface area contributed by atoms with Crippen LogP contribution in [-0.2, 0) is 0 Å². The van der Waals surface area contributed by atoms with Crippen LogP contribution >= 0.6 is 0 Å². The summed E-state index contributed by atoms with van der Waals surface area (Å²) in [6, 6.07) is 12.5. The number of H-pyrrole nitrogens is 2. The second-order valence-corrected chi connectivity index (χ2v) is 4.69. The Morgan fingerprint density at radius 1 is 0.895 bits per heavy atom. The normalized spacial score (nSPS) is 11.4. The molecule has 2 N–H and O–H groups in total. The zero-order chi connectivity index (χ0) is 12.8. The topological polar surface area (TPSA) is 57.4 Å². The fourth-order valence-electron chi connectivity index (χ4n) is 2.43. The first kappa shape index (κ1) is 10.3. The number of benzene rings is 2. The average Bonchev–Trinajstić information content (AvgIpc) is 3.01. The fraction of sp³-hybridized carbons (Fsp3) is 0.0667. The Kier molecular flexibility index (Phi) is 2.00. The van der Waals surface area contributed by atoms with E-state index in [1.165, 1.54) is 11.1 Å². The molecule has 2 aromatic heterocycles. The summed E-state index contributed by atoms with van der Waals surface area (Å²) in [4.78, 5) is 15.1. The van der Waals surface area contributed by atoms with Gasteiger partial charge in [-0.3, -0.25) is 0 Å². The maximum atomic E-state index is 4.42. The van der Waals surface area contributed by atoms with Gasteiger partial charge in [-0.1, -0.05) is 12.1 Å². The number of aromatic amines is 2. The molecule has 0 bridgehead atoms. The highest BCUT2D eigenvalue weighted by molar-refractivity contribution is 5.86. The van der Waals surface area contributed by atoms with Crippen molar-refractivity contribution in [1.82, 2.24) is 19.9 Å². The van der Waals surface area contributed by atoms with E-state index in [0.29, 0.717) is 0 Å². The van der Waals surface area contributed by atoms with Gasteiger partial charge in [0.05, 0.1) is 28.4 Å². The van der Waals surface area contributed by atoms with E-state index in [1.54, 1.807) is 6.33 Å². The van der Waals surface area contributed by atoms with Gasteiger partial charge in [0.15, 0.2) is 0 Å². The zero-order valence-electron chi connectivity index (χ0n) is 10.4. The third-order valence-corrected chi connectivity index (χ3v) is 3.35. The zero-order valence-corrected chi connectivity index (χ0v) is 10.4. The summed E-state index contributed by atoms with van der Waals surface area (Å²) in [5, 5.41) is 0. The third kappa shape index (κ3) is 1.61. The van der Waals surface area contributed by atoms with Crippen LogP contribution in [-0.4, -0.2) is 19.9 Å². The Bertz CT molecular complexity index is 885. The maximum absolute atomic E-state index is 4.42. The molecule has 4 heteroatoms. The average molecular weight is 248 g/mol. The summed E-state index contributed by atoms with van der Waals surface area (Å²) in [5.74, 6) is 0.941. The molecule has 4 rings (SSSR count). The lowest BCUT2D eigenvalue weighted by Gasteiger charge is -2.01. The lowest BCUT2D eigenvalue weighted by Crippen LogP contribution is -1.79. The molecule has 4 aromatic rings. The molecule has 0 aliphatic carbocycles. The monoisotopic (exact) mass is 248 g/mol. The minimum atomic E-state index is 0.941. The van der Waals surface area contributed by atoms with Crippen molar-refractivity contribution in [1.29, 1.82) is 0 Å². The van der Waals surface area contributed by atoms with Crippen LogP contribution in [0.3, 0.4) is 0 Å². The molecule has 2 aromatic carbocycles. The molecule has 0 saturated carbocycles. The smallest absolute Gasteiger partial charge is 0.104 e. The van der Waals surface area contributed by atoms with Crippen LogP contribution in [0.25, 0.3) is 33.2 Å². The van der Waals surface area contributed by atoms with Crippen LogP contribution in [0.5, 0.6) is 0 Å². The molecular weight excluding hydrogens is 236 g/mol. The molecule has 0 atom stereocenters. The van der Waals surface area contributed by atoms with Crippen LogP contribution in [0.4, 0.5) is 0 Å². The summed E-state index contributed by atoms with van der Waals surface area (Å²) in [5.41, 5.74) is 6.46. The van der Waals surface area contributed by atoms with E-state index in [9.17, 15) is 0 Å². The maximum Gasteiger partial charge on any atom is 0.104 e. The fourth-order valence-corrected chi connectivity index (χ4v) is 2.43. The van der Waals surface area contributed by atoms with Gasteiger partial charge in [-0.25, -0.2) is 9.97 Å². The lowest BCUT2D eigenvalue weighted by atomic mass is 10.0. The highest BCUT2D eigenvalue weighted by atomic mass is 14.9. The number of nitrogens with zero attached hydrogens (tertiary/aromatic N) is 2. The van der Waals surface area contributed by atoms with Gasteiger partial charge in [-0.15, -0.1) is 0 Å². The predicted molar refractivity (Wildman–Crippen MR) is 75.9 cm³/mol. The summed E-state index contributed by atoms with van der Waals surface area (Å²) in [7, 11) is 0. The first-order valence-corrected chi connectivity index (χ1v) is 6.19. The lowest BCUT2D eigenvalue weighted by molar-refractivity contribution is 1.17. The second kappa shape index (κ2) is 3.68. The molecule has 0 aliphatic rings. The predicted octanol–water partition coefficient (Wildman–Crippen LogP) is 3.41. The number of rotatable bonds is 1. The van der Waals surface area contributed by atoms with E-state index in [2.05, 4.69) is 44.2 Å². The Morgan fingerprint density at radius 2 is 1.63 bits per heavy atom. The molecule has 0 aliphatic heterocycles. The molecule has 0 amide bonds. The second-order valence-electron chi connectivity index (χ2n) is 4.69. The van der Waals surface area contributed by atoms with E-state index in [0.717, 1.165) is 27.9 Å². The molecule has 0 saturated heterocycles. The van der Waals surface area contributed by atoms with Crippen LogP contribution < -0.4 is 0 Å². The van der Waals surface area contributed by atoms with Gasteiger partial charge in [0.2, 0.25) is 0 Å². The van der Waals surface area contributed by atoms with Gasteiger partial charge in [-0.05, 0) is 42.3 Å². The Labute approximate surface area is 109 Å². The molecule has 92 valence electrons. The molecule has 0 unspecified atom stereocenters. The highest BCUT2D eigenvalue weighted by Crippen LogP contribution is 2.25. The van der Waals surface area contributed by atoms with E-state index >= 15 is 0 Å². The number of aromatic nitrogens is 4. The van der Waals surface area contributed by atoms with E-state index in [4.69, 9.17) is 0 Å². The summed E-state index contributed by atoms with van der Waals surface area (Å²) in [6.07, 6.45) is 1.72. The van der Waals surface area contributed by atoms with Crippen molar-refractivity contribution < 1.29 is 0 Å². The SMILES string of the molecule is Cc1nc2ccc(-c3ccc4nc[nH]c4c3)cc2[nH]1. The minimum Gasteiger partial charge on any atom is -0.345 e. The van der Waals surface area contributed by atoms with E-state index < -0.39 is 0 Å². The van der Waals surface area contributed by atoms with E-state index in [-0.39, 0.29) is 0 Å². The Balaban J connectivity index is 1.91. The van der Waals surface area contributed by atoms with Gasteiger partial charge in [-0.2, -0.15) is 0 Å². The summed E-state index contributed by atoms with van der Waals surface area (Å²) >= 11 is 0. The first-order valence-electron chi connectivity index (χ1n) is 6.19. The molecule has 19 heavy (non-hydrogen) atoms. The molecule has 0 spiro atoms. The summed E-state index contributed by atoms with van der Waals surface area (Å²) < 4.78 is 0. The van der Waals surface area contributed by atoms with Crippen LogP contribution in [0, 0.1) is 6.92 Å². The van der Waals surface area contributed by atoms with Gasteiger partial charge < -0.3 is 9.97 Å². The van der Waals surface area contributed by atoms with Crippen molar-refractivity contribution in [2.45, 2.75) is 6.92 Å². The minimum absolute atomic E-state index is 0.941. The van der Waals surface area contributed by atoms with Gasteiger partial charge >= 0.3 is 0 Å². The number of hydrogen-bond acceptors (Lipinski definition) is 2. The van der Waals surface area contributed by atoms with Crippen molar-refractivity contribution in [2.75, 3.05) is 0 Å². The van der Waals surface area contributed by atoms with Crippen LogP contribution in [0.1, 0.15) is 5.82 Å². The molecule has 2 heterocycles. The number of hydrogen-bond donors (Lipinski definition) is 2. The van der Waals surface area contributed by atoms with Crippen molar-refractivity contribution in [3.63, 3.8) is 0 Å². The van der Waals surface area contributed by atoms with Crippen molar-refractivity contribution in [2.24, 2.45) is 0 Å². The molecule has 0 fully saturated rings. The third-order valence-electron chi connectivity index (χ3n) is 3.35. The quantitative estimate of drug-likeness (QED) is 0.542. The number of aryl methyl sites for hydroxylation is 1. The Morgan fingerprint density at radius 3 is 2.47 bits per heavy atom. The largest absolute Gasteiger partial charge is 0.345 e. The van der Waals surface area contributed by atoms with Crippen molar-refractivity contribution >= 4 is 22.1 Å². The van der Waals surface area contributed by atoms with Gasteiger partial charge in [0.1, 0.15) is 5.82 Å². The van der Waals surface area contributed by atoms with E-state index in [1.807, 2.05) is 19.1 Å². The summed E-state index contributed by atoms with van der Waals surface area (Å²) in [6.45, 7) is 1.97. The van der Waals surface area contributed by atoms with Crippen molar-refractivity contribution in [3.05, 3.63) is 48.5 Å². The number of fused-ring (bicyclic) bond motifs is 2.